The van der Waals surface area contributed by atoms with E-state index in [4.69, 9.17) is 4.74 Å². The van der Waals surface area contributed by atoms with Crippen LogP contribution in [-0.2, 0) is 17.1 Å². The standard InChI is InChI=1S/C16H16F9N3O2/c1-3-4-30-12(16(23,24)25)11-7(2)27-28(13(11)29)8-5-9(14(17,18)19)26-10(6-8)15(20,21)22/h5-6,11-13,29H,3-4H2,1-2H3. The Hall–Kier alpha value is -2.09. The average molecular weight is 453 g/mol. The largest absolute Gasteiger partial charge is 0.433 e. The van der Waals surface area contributed by atoms with Crippen LogP contribution in [-0.4, -0.2) is 40.9 Å². The number of nitrogens with zero attached hydrogens (tertiary/aromatic N) is 3. The first-order valence-electron chi connectivity index (χ1n) is 8.44. The predicted octanol–water partition coefficient (Wildman–Crippen LogP) is 4.61. The number of rotatable bonds is 5. The lowest BCUT2D eigenvalue weighted by Crippen LogP contribution is -2.48. The van der Waals surface area contributed by atoms with E-state index in [9.17, 15) is 44.6 Å². The first kappa shape index (κ1) is 24.2. The van der Waals surface area contributed by atoms with Crippen LogP contribution < -0.4 is 5.01 Å². The SMILES string of the molecule is CCCOC(C1C(C)=NN(c2cc(C(F)(F)F)nc(C(F)(F)F)c2)C1O)C(F)(F)F. The summed E-state index contributed by atoms with van der Waals surface area (Å²) < 4.78 is 123. The molecule has 170 valence electrons. The highest BCUT2D eigenvalue weighted by Crippen LogP contribution is 2.40. The minimum Gasteiger partial charge on any atom is -0.371 e. The quantitative estimate of drug-likeness (QED) is 0.662. The summed E-state index contributed by atoms with van der Waals surface area (Å²) in [5.74, 6) is -1.87. The lowest BCUT2D eigenvalue weighted by atomic mass is 9.95. The van der Waals surface area contributed by atoms with E-state index < -0.39 is 53.9 Å². The maximum absolute atomic E-state index is 13.4. The summed E-state index contributed by atoms with van der Waals surface area (Å²) in [7, 11) is 0. The summed E-state index contributed by atoms with van der Waals surface area (Å²) >= 11 is 0. The Kier molecular flexibility index (Phi) is 6.62. The van der Waals surface area contributed by atoms with Gasteiger partial charge in [0.05, 0.1) is 11.6 Å². The summed E-state index contributed by atoms with van der Waals surface area (Å²) in [5, 5.41) is 14.2. The Bertz CT molecular complexity index is 757. The van der Waals surface area contributed by atoms with E-state index in [1.165, 1.54) is 6.92 Å². The molecule has 0 fully saturated rings. The van der Waals surface area contributed by atoms with Gasteiger partial charge in [0.15, 0.2) is 12.3 Å². The first-order chi connectivity index (χ1) is 13.6. The molecule has 3 atom stereocenters. The third-order valence-corrected chi connectivity index (χ3v) is 4.13. The van der Waals surface area contributed by atoms with Gasteiger partial charge in [0.25, 0.3) is 0 Å². The number of ether oxygens (including phenoxy) is 1. The van der Waals surface area contributed by atoms with Gasteiger partial charge in [-0.15, -0.1) is 0 Å². The minimum atomic E-state index is -5.28. The summed E-state index contributed by atoms with van der Waals surface area (Å²) in [4.78, 5) is 2.51. The second-order valence-electron chi connectivity index (χ2n) is 6.45. The number of aliphatic hydroxyl groups is 1. The number of pyridine rings is 1. The second-order valence-corrected chi connectivity index (χ2v) is 6.45. The van der Waals surface area contributed by atoms with Crippen LogP contribution in [0.4, 0.5) is 45.2 Å². The number of aromatic nitrogens is 1. The molecule has 2 rings (SSSR count). The van der Waals surface area contributed by atoms with Gasteiger partial charge in [0.2, 0.25) is 0 Å². The molecule has 0 aromatic carbocycles. The van der Waals surface area contributed by atoms with Crippen molar-refractivity contribution < 1.29 is 49.4 Å². The Balaban J connectivity index is 2.51. The zero-order valence-electron chi connectivity index (χ0n) is 15.4. The lowest BCUT2D eigenvalue weighted by Gasteiger charge is -2.30. The number of aliphatic hydroxyl groups excluding tert-OH is 1. The Morgan fingerprint density at radius 1 is 1.03 bits per heavy atom. The van der Waals surface area contributed by atoms with E-state index >= 15 is 0 Å². The highest BCUT2D eigenvalue weighted by molar-refractivity contribution is 5.89. The molecule has 5 nitrogen and oxygen atoms in total. The van der Waals surface area contributed by atoms with Crippen molar-refractivity contribution in [2.24, 2.45) is 11.0 Å². The van der Waals surface area contributed by atoms with E-state index in [0.29, 0.717) is 0 Å². The van der Waals surface area contributed by atoms with Crippen LogP contribution in [0.1, 0.15) is 31.7 Å². The van der Waals surface area contributed by atoms with E-state index in [2.05, 4.69) is 10.1 Å². The van der Waals surface area contributed by atoms with Crippen LogP contribution in [0.25, 0.3) is 0 Å². The second kappa shape index (κ2) is 8.21. The van der Waals surface area contributed by atoms with Crippen molar-refractivity contribution in [3.05, 3.63) is 23.5 Å². The molecule has 1 aliphatic heterocycles. The maximum atomic E-state index is 13.4. The molecule has 0 radical (unpaired) electrons. The summed E-state index contributed by atoms with van der Waals surface area (Å²) in [6.45, 7) is 2.24. The van der Waals surface area contributed by atoms with Crippen LogP contribution in [0.2, 0.25) is 0 Å². The third-order valence-electron chi connectivity index (χ3n) is 4.13. The number of alkyl halides is 9. The molecular formula is C16H16F9N3O2. The minimum absolute atomic E-state index is 0.160. The number of halogens is 9. The van der Waals surface area contributed by atoms with Crippen molar-refractivity contribution in [2.75, 3.05) is 11.6 Å². The molecule has 0 bridgehead atoms. The molecule has 0 saturated carbocycles. The topological polar surface area (TPSA) is 58.0 Å². The Labute approximate surface area is 164 Å². The van der Waals surface area contributed by atoms with E-state index in [-0.39, 0.29) is 35.9 Å². The van der Waals surface area contributed by atoms with Gasteiger partial charge in [-0.3, -0.25) is 0 Å². The van der Waals surface area contributed by atoms with Crippen molar-refractivity contribution in [1.82, 2.24) is 4.98 Å². The molecule has 30 heavy (non-hydrogen) atoms. The van der Waals surface area contributed by atoms with Crippen LogP contribution in [0.15, 0.2) is 17.2 Å². The monoisotopic (exact) mass is 453 g/mol. The molecule has 14 heteroatoms. The van der Waals surface area contributed by atoms with Crippen molar-refractivity contribution in [3.8, 4) is 0 Å². The summed E-state index contributed by atoms with van der Waals surface area (Å²) in [6.07, 6.45) is -20.1. The molecule has 2 heterocycles. The number of hydrazone groups is 1. The van der Waals surface area contributed by atoms with Crippen LogP contribution in [0.5, 0.6) is 0 Å². The number of hydrogen-bond donors (Lipinski definition) is 1. The maximum Gasteiger partial charge on any atom is 0.433 e. The zero-order valence-corrected chi connectivity index (χ0v) is 15.4. The van der Waals surface area contributed by atoms with Crippen molar-refractivity contribution in [3.63, 3.8) is 0 Å². The van der Waals surface area contributed by atoms with Gasteiger partial charge >= 0.3 is 18.5 Å². The van der Waals surface area contributed by atoms with Gasteiger partial charge in [0, 0.05) is 12.3 Å². The van der Waals surface area contributed by atoms with Crippen LogP contribution in [0.3, 0.4) is 0 Å². The normalized spacial score (nSPS) is 21.7. The summed E-state index contributed by atoms with van der Waals surface area (Å²) in [6, 6.07) is 0.320. The zero-order chi connectivity index (χ0) is 23.1. The first-order valence-corrected chi connectivity index (χ1v) is 8.44. The molecule has 0 saturated heterocycles. The van der Waals surface area contributed by atoms with Gasteiger partial charge in [-0.05, 0) is 25.5 Å². The van der Waals surface area contributed by atoms with Crippen molar-refractivity contribution in [1.29, 1.82) is 0 Å². The van der Waals surface area contributed by atoms with Gasteiger partial charge in [-0.2, -0.15) is 44.6 Å². The molecule has 1 aliphatic rings. The molecule has 0 aliphatic carbocycles. The smallest absolute Gasteiger partial charge is 0.371 e. The highest BCUT2D eigenvalue weighted by Gasteiger charge is 2.53. The number of anilines is 1. The molecule has 1 aromatic rings. The van der Waals surface area contributed by atoms with Crippen LogP contribution in [0, 0.1) is 5.92 Å². The third kappa shape index (κ3) is 5.14. The van der Waals surface area contributed by atoms with Crippen LogP contribution >= 0.6 is 0 Å². The Morgan fingerprint density at radius 2 is 1.53 bits per heavy atom. The predicted molar refractivity (Wildman–Crippen MR) is 85.4 cm³/mol. The average Bonchev–Trinajstić information content (AvgIpc) is 2.87. The van der Waals surface area contributed by atoms with E-state index in [1.54, 1.807) is 0 Å². The fourth-order valence-electron chi connectivity index (χ4n) is 2.83. The molecular weight excluding hydrogens is 437 g/mol. The van der Waals surface area contributed by atoms with Crippen molar-refractivity contribution >= 4 is 11.4 Å². The molecule has 1 N–H and O–H groups in total. The van der Waals surface area contributed by atoms with Gasteiger partial charge < -0.3 is 9.84 Å². The van der Waals surface area contributed by atoms with Gasteiger partial charge in [-0.1, -0.05) is 6.92 Å². The van der Waals surface area contributed by atoms with Gasteiger partial charge in [-0.25, -0.2) is 9.99 Å². The van der Waals surface area contributed by atoms with Gasteiger partial charge in [0.1, 0.15) is 11.4 Å². The molecule has 1 aromatic heterocycles. The summed E-state index contributed by atoms with van der Waals surface area (Å²) in [5.41, 5.74) is -5.17. The number of hydrogen-bond acceptors (Lipinski definition) is 5. The highest BCUT2D eigenvalue weighted by atomic mass is 19.4. The Morgan fingerprint density at radius 3 is 1.93 bits per heavy atom. The fraction of sp³-hybridized carbons (Fsp3) is 0.625. The van der Waals surface area contributed by atoms with E-state index in [1.807, 2.05) is 0 Å². The lowest BCUT2D eigenvalue weighted by molar-refractivity contribution is -0.235. The molecule has 0 spiro atoms. The van der Waals surface area contributed by atoms with Crippen molar-refractivity contribution in [2.45, 2.75) is 51.1 Å². The molecule has 3 unspecified atom stereocenters. The fourth-order valence-corrected chi connectivity index (χ4v) is 2.83. The molecule has 0 amide bonds. The van der Waals surface area contributed by atoms with E-state index in [0.717, 1.165) is 6.92 Å².